The number of aromatic nitrogens is 2. The molecule has 0 aliphatic carbocycles. The highest BCUT2D eigenvalue weighted by molar-refractivity contribution is 14.1. The molecule has 0 bridgehead atoms. The maximum Gasteiger partial charge on any atom is 0.183 e. The smallest absolute Gasteiger partial charge is 0.183 e. The summed E-state index contributed by atoms with van der Waals surface area (Å²) in [4.78, 5) is 6.43. The van der Waals surface area contributed by atoms with Gasteiger partial charge in [-0.15, -0.1) is 0 Å². The van der Waals surface area contributed by atoms with Crippen LogP contribution in [0.5, 0.6) is 23.0 Å². The first-order chi connectivity index (χ1) is 13.3. The first-order valence-corrected chi connectivity index (χ1v) is 9.64. The Bertz CT molecular complexity index is 1260. The van der Waals surface area contributed by atoms with Crippen LogP contribution >= 0.6 is 22.6 Å². The van der Waals surface area contributed by atoms with Gasteiger partial charge in [0.05, 0.1) is 3.57 Å². The highest BCUT2D eigenvalue weighted by Crippen LogP contribution is 2.41. The van der Waals surface area contributed by atoms with Gasteiger partial charge in [-0.3, -0.25) is 0 Å². The fraction of sp³-hybridized carbons (Fsp3) is 0. The molecule has 0 radical (unpaired) electrons. The summed E-state index contributed by atoms with van der Waals surface area (Å²) in [7, 11) is 0. The molecule has 5 aromatic rings. The summed E-state index contributed by atoms with van der Waals surface area (Å²) in [6.07, 6.45) is 3.83. The van der Waals surface area contributed by atoms with Crippen LogP contribution in [-0.4, -0.2) is 9.97 Å². The normalized spacial score (nSPS) is 11.1. The second-order valence-corrected chi connectivity index (χ2v) is 7.32. The van der Waals surface area contributed by atoms with Crippen molar-refractivity contribution in [1.82, 2.24) is 9.97 Å². The quantitative estimate of drug-likeness (QED) is 0.285. The van der Waals surface area contributed by atoms with E-state index in [1.54, 1.807) is 0 Å². The average Bonchev–Trinajstić information content (AvgIpc) is 3.34. The van der Waals surface area contributed by atoms with E-state index in [9.17, 15) is 0 Å². The molecular weight excluding hydrogens is 451 g/mol. The molecule has 5 heteroatoms. The number of fused-ring (bicyclic) bond motifs is 2. The summed E-state index contributed by atoms with van der Waals surface area (Å²) in [5, 5.41) is 2.07. The van der Waals surface area contributed by atoms with Crippen molar-refractivity contribution in [3.8, 4) is 23.0 Å². The molecule has 0 fully saturated rings. The molecule has 3 aromatic carbocycles. The molecular formula is C22H15IN2O2. The largest absolute Gasteiger partial charge is 0.453 e. The van der Waals surface area contributed by atoms with E-state index in [1.807, 2.05) is 79.1 Å². The predicted octanol–water partition coefficient (Wildman–Crippen LogP) is 6.84. The van der Waals surface area contributed by atoms with Gasteiger partial charge in [0.25, 0.3) is 0 Å². The van der Waals surface area contributed by atoms with Gasteiger partial charge in [-0.2, -0.15) is 0 Å². The van der Waals surface area contributed by atoms with Crippen LogP contribution in [0, 0.1) is 3.57 Å². The molecule has 2 heterocycles. The van der Waals surface area contributed by atoms with E-state index in [0.29, 0.717) is 11.5 Å². The molecule has 0 aliphatic heterocycles. The van der Waals surface area contributed by atoms with Crippen LogP contribution < -0.4 is 9.47 Å². The zero-order chi connectivity index (χ0) is 18.2. The Morgan fingerprint density at radius 1 is 0.593 bits per heavy atom. The summed E-state index contributed by atoms with van der Waals surface area (Å²) in [5.41, 5.74) is 2.08. The lowest BCUT2D eigenvalue weighted by atomic mass is 10.2. The van der Waals surface area contributed by atoms with Crippen LogP contribution in [0.25, 0.3) is 21.8 Å². The van der Waals surface area contributed by atoms with E-state index in [0.717, 1.165) is 36.9 Å². The fourth-order valence-electron chi connectivity index (χ4n) is 3.19. The minimum Gasteiger partial charge on any atom is -0.453 e. The Labute approximate surface area is 169 Å². The first-order valence-electron chi connectivity index (χ1n) is 8.56. The fourth-order valence-corrected chi connectivity index (χ4v) is 3.77. The summed E-state index contributed by atoms with van der Waals surface area (Å²) in [6.45, 7) is 0. The van der Waals surface area contributed by atoms with Crippen LogP contribution in [-0.2, 0) is 0 Å². The number of rotatable bonds is 4. The third-order valence-corrected chi connectivity index (χ3v) is 5.32. The van der Waals surface area contributed by atoms with Crippen molar-refractivity contribution in [2.75, 3.05) is 0 Å². The lowest BCUT2D eigenvalue weighted by molar-refractivity contribution is 0.421. The molecule has 0 atom stereocenters. The van der Waals surface area contributed by atoms with Gasteiger partial charge < -0.3 is 19.4 Å². The molecule has 132 valence electrons. The van der Waals surface area contributed by atoms with Gasteiger partial charge >= 0.3 is 0 Å². The van der Waals surface area contributed by atoms with Crippen LogP contribution in [0.2, 0.25) is 0 Å². The second-order valence-electron chi connectivity index (χ2n) is 6.16. The zero-order valence-electron chi connectivity index (χ0n) is 14.2. The van der Waals surface area contributed by atoms with Crippen LogP contribution in [0.15, 0.2) is 79.1 Å². The Hall–Kier alpha value is -2.93. The molecule has 0 unspecified atom stereocenters. The Balaban J connectivity index is 1.58. The Morgan fingerprint density at radius 3 is 1.81 bits per heavy atom. The number of para-hydroxylation sites is 1. The lowest BCUT2D eigenvalue weighted by Crippen LogP contribution is -1.93. The van der Waals surface area contributed by atoms with Crippen LogP contribution in [0.1, 0.15) is 0 Å². The molecule has 2 aromatic heterocycles. The molecule has 0 amide bonds. The van der Waals surface area contributed by atoms with Gasteiger partial charge in [0.1, 0.15) is 11.5 Å². The molecule has 4 nitrogen and oxygen atoms in total. The summed E-state index contributed by atoms with van der Waals surface area (Å²) in [6, 6.07) is 21.9. The van der Waals surface area contributed by atoms with Gasteiger partial charge in [0.15, 0.2) is 11.5 Å². The van der Waals surface area contributed by atoms with Crippen molar-refractivity contribution in [2.45, 2.75) is 0 Å². The van der Waals surface area contributed by atoms with Crippen molar-refractivity contribution in [3.63, 3.8) is 0 Å². The third-order valence-electron chi connectivity index (χ3n) is 4.47. The van der Waals surface area contributed by atoms with Crippen molar-refractivity contribution in [2.24, 2.45) is 0 Å². The molecule has 0 aliphatic rings. The highest BCUT2D eigenvalue weighted by Gasteiger charge is 2.15. The topological polar surface area (TPSA) is 50.0 Å². The molecule has 5 rings (SSSR count). The number of hydrogen-bond acceptors (Lipinski definition) is 2. The van der Waals surface area contributed by atoms with Crippen molar-refractivity contribution < 1.29 is 9.47 Å². The maximum atomic E-state index is 6.32. The monoisotopic (exact) mass is 466 g/mol. The van der Waals surface area contributed by atoms with E-state index >= 15 is 0 Å². The van der Waals surface area contributed by atoms with Gasteiger partial charge in [0.2, 0.25) is 0 Å². The van der Waals surface area contributed by atoms with E-state index < -0.39 is 0 Å². The van der Waals surface area contributed by atoms with Gasteiger partial charge in [-0.25, -0.2) is 0 Å². The highest BCUT2D eigenvalue weighted by atomic mass is 127. The number of benzene rings is 3. The second kappa shape index (κ2) is 6.66. The summed E-state index contributed by atoms with van der Waals surface area (Å²) >= 11 is 2.28. The Kier molecular flexibility index (Phi) is 4.01. The zero-order valence-corrected chi connectivity index (χ0v) is 16.4. The molecule has 0 saturated carbocycles. The number of H-pyrrole nitrogens is 2. The molecule has 0 saturated heterocycles. The minimum atomic E-state index is 0.683. The summed E-state index contributed by atoms with van der Waals surface area (Å²) in [5.74, 6) is 2.98. The number of ether oxygens (including phenoxy) is 2. The number of halogens is 1. The number of nitrogens with one attached hydrogen (secondary N) is 2. The standard InChI is InChI=1S/C22H15IN2O2/c23-16-4-1-9-21(26-19-7-2-5-17-14(19)10-12-24-17)22(16)27-20-8-3-6-18-15(20)11-13-25-18/h1-13,24-25H. The van der Waals surface area contributed by atoms with Crippen molar-refractivity contribution in [1.29, 1.82) is 0 Å². The van der Waals surface area contributed by atoms with Crippen LogP contribution in [0.4, 0.5) is 0 Å². The number of hydrogen-bond donors (Lipinski definition) is 2. The van der Waals surface area contributed by atoms with E-state index in [2.05, 4.69) is 32.6 Å². The number of aromatic amines is 2. The molecule has 27 heavy (non-hydrogen) atoms. The average molecular weight is 466 g/mol. The Morgan fingerprint density at radius 2 is 1.15 bits per heavy atom. The first kappa shape index (κ1) is 16.3. The summed E-state index contributed by atoms with van der Waals surface area (Å²) < 4.78 is 13.6. The molecule has 0 spiro atoms. The lowest BCUT2D eigenvalue weighted by Gasteiger charge is -2.15. The minimum absolute atomic E-state index is 0.683. The molecule has 2 N–H and O–H groups in total. The van der Waals surface area contributed by atoms with E-state index in [-0.39, 0.29) is 0 Å². The van der Waals surface area contributed by atoms with Gasteiger partial charge in [0, 0.05) is 34.2 Å². The van der Waals surface area contributed by atoms with E-state index in [1.165, 1.54) is 0 Å². The van der Waals surface area contributed by atoms with Crippen molar-refractivity contribution in [3.05, 3.63) is 82.7 Å². The van der Waals surface area contributed by atoms with Crippen LogP contribution in [0.3, 0.4) is 0 Å². The SMILES string of the molecule is Ic1cccc(Oc2cccc3[nH]ccc23)c1Oc1cccc2[nH]ccc12. The van der Waals surface area contributed by atoms with Gasteiger partial charge in [-0.1, -0.05) is 18.2 Å². The van der Waals surface area contributed by atoms with Crippen molar-refractivity contribution >= 4 is 44.4 Å². The predicted molar refractivity (Wildman–Crippen MR) is 116 cm³/mol. The third kappa shape index (κ3) is 2.94. The van der Waals surface area contributed by atoms with E-state index in [4.69, 9.17) is 9.47 Å². The maximum absolute atomic E-state index is 6.32. The van der Waals surface area contributed by atoms with Gasteiger partial charge in [-0.05, 0) is 71.1 Å².